The fraction of sp³-hybridized carbons (Fsp3) is 0.0714. The largest absolute Gasteiger partial charge is 0.375 e. The third-order valence-corrected chi connectivity index (χ3v) is 3.19. The lowest BCUT2D eigenvalue weighted by molar-refractivity contribution is -0.126. The van der Waals surface area contributed by atoms with Crippen LogP contribution in [-0.2, 0) is 16.0 Å². The Bertz CT molecular complexity index is 652. The fourth-order valence-corrected chi connectivity index (χ4v) is 2.08. The van der Waals surface area contributed by atoms with E-state index in [1.54, 1.807) is 11.5 Å². The maximum Gasteiger partial charge on any atom is 0.262 e. The van der Waals surface area contributed by atoms with Crippen molar-refractivity contribution in [2.24, 2.45) is 0 Å². The van der Waals surface area contributed by atoms with Crippen LogP contribution in [0.25, 0.3) is 6.08 Å². The molecule has 1 aromatic heterocycles. The highest BCUT2D eigenvalue weighted by atomic mass is 32.1. The van der Waals surface area contributed by atoms with Crippen LogP contribution in [0.1, 0.15) is 11.3 Å². The number of nitrogens with two attached hydrogens (primary N) is 1. The van der Waals surface area contributed by atoms with E-state index < -0.39 is 5.91 Å². The van der Waals surface area contributed by atoms with Crippen LogP contribution < -0.4 is 16.6 Å². The van der Waals surface area contributed by atoms with Crippen molar-refractivity contribution in [1.29, 1.82) is 0 Å². The molecule has 0 saturated heterocycles. The second-order valence-electron chi connectivity index (χ2n) is 4.14. The molecule has 1 heterocycles. The molecule has 0 aliphatic carbocycles. The summed E-state index contributed by atoms with van der Waals surface area (Å²) in [4.78, 5) is 27.1. The minimum absolute atomic E-state index is 0.0659. The first kappa shape index (κ1) is 14.7. The molecule has 0 atom stereocenters. The molecular weight excluding hydrogens is 288 g/mol. The van der Waals surface area contributed by atoms with E-state index in [9.17, 15) is 9.59 Å². The van der Waals surface area contributed by atoms with Gasteiger partial charge >= 0.3 is 0 Å². The second-order valence-corrected chi connectivity index (χ2v) is 5.02. The first-order chi connectivity index (χ1) is 10.1. The number of benzene rings is 1. The highest BCUT2D eigenvalue weighted by Gasteiger charge is 2.06. The molecule has 0 aliphatic rings. The van der Waals surface area contributed by atoms with Gasteiger partial charge in [0.05, 0.1) is 12.1 Å². The van der Waals surface area contributed by atoms with Crippen LogP contribution in [0.2, 0.25) is 0 Å². The van der Waals surface area contributed by atoms with Gasteiger partial charge in [0.1, 0.15) is 0 Å². The zero-order chi connectivity index (χ0) is 15.1. The van der Waals surface area contributed by atoms with Crippen molar-refractivity contribution in [2.75, 3.05) is 5.73 Å². The Balaban J connectivity index is 1.76. The summed E-state index contributed by atoms with van der Waals surface area (Å²) in [6, 6.07) is 9.38. The van der Waals surface area contributed by atoms with E-state index in [0.29, 0.717) is 10.8 Å². The standard InChI is InChI=1S/C14H14N4O2S/c15-14-16-11(9-21-14)8-13(20)18-17-12(19)7-6-10-4-2-1-3-5-10/h1-7,9H,8H2,(H2,15,16)(H,17,19)(H,18,20)/b7-6+. The molecule has 0 unspecified atom stereocenters. The summed E-state index contributed by atoms with van der Waals surface area (Å²) in [7, 11) is 0. The number of nitrogen functional groups attached to an aromatic ring is 1. The predicted molar refractivity (Wildman–Crippen MR) is 82.0 cm³/mol. The van der Waals surface area contributed by atoms with Gasteiger partial charge in [-0.05, 0) is 11.6 Å². The number of hydrazine groups is 1. The minimum Gasteiger partial charge on any atom is -0.375 e. The molecule has 21 heavy (non-hydrogen) atoms. The number of carbonyl (C=O) groups excluding carboxylic acids is 2. The SMILES string of the molecule is Nc1nc(CC(=O)NNC(=O)/C=C/c2ccccc2)cs1. The van der Waals surface area contributed by atoms with E-state index in [2.05, 4.69) is 15.8 Å². The quantitative estimate of drug-likeness (QED) is 0.582. The Morgan fingerprint density at radius 1 is 1.24 bits per heavy atom. The van der Waals surface area contributed by atoms with E-state index in [4.69, 9.17) is 5.73 Å². The maximum absolute atomic E-state index is 11.6. The topological polar surface area (TPSA) is 97.1 Å². The number of nitrogens with one attached hydrogen (secondary N) is 2. The summed E-state index contributed by atoms with van der Waals surface area (Å²) in [5, 5.41) is 2.11. The molecule has 0 radical (unpaired) electrons. The van der Waals surface area contributed by atoms with Gasteiger partial charge in [0.15, 0.2) is 5.13 Å². The Hall–Kier alpha value is -2.67. The molecule has 2 amide bonds. The van der Waals surface area contributed by atoms with E-state index >= 15 is 0 Å². The number of thiazole rings is 1. The molecule has 0 bridgehead atoms. The van der Waals surface area contributed by atoms with Gasteiger partial charge in [-0.25, -0.2) is 4.98 Å². The van der Waals surface area contributed by atoms with Crippen LogP contribution in [0.5, 0.6) is 0 Å². The molecule has 0 aliphatic heterocycles. The molecule has 2 aromatic rings. The third kappa shape index (κ3) is 5.07. The van der Waals surface area contributed by atoms with E-state index in [1.165, 1.54) is 17.4 Å². The Labute approximate surface area is 125 Å². The van der Waals surface area contributed by atoms with Crippen LogP contribution in [0.3, 0.4) is 0 Å². The van der Waals surface area contributed by atoms with E-state index in [-0.39, 0.29) is 12.3 Å². The van der Waals surface area contributed by atoms with E-state index in [0.717, 1.165) is 5.56 Å². The zero-order valence-electron chi connectivity index (χ0n) is 11.1. The molecule has 0 saturated carbocycles. The van der Waals surface area contributed by atoms with Gasteiger partial charge in [-0.3, -0.25) is 20.4 Å². The fourth-order valence-electron chi connectivity index (χ4n) is 1.52. The lowest BCUT2D eigenvalue weighted by atomic mass is 10.2. The van der Waals surface area contributed by atoms with Crippen molar-refractivity contribution in [3.05, 3.63) is 53.0 Å². The van der Waals surface area contributed by atoms with Crippen molar-refractivity contribution >= 4 is 34.4 Å². The molecule has 2 rings (SSSR count). The summed E-state index contributed by atoms with van der Waals surface area (Å²) >= 11 is 1.26. The van der Waals surface area contributed by atoms with Gasteiger partial charge in [-0.15, -0.1) is 11.3 Å². The lowest BCUT2D eigenvalue weighted by Crippen LogP contribution is -2.41. The molecule has 108 valence electrons. The number of nitrogens with zero attached hydrogens (tertiary/aromatic N) is 1. The summed E-state index contributed by atoms with van der Waals surface area (Å²) in [5.74, 6) is -0.772. The van der Waals surface area contributed by atoms with Crippen molar-refractivity contribution in [1.82, 2.24) is 15.8 Å². The molecule has 0 fully saturated rings. The lowest BCUT2D eigenvalue weighted by Gasteiger charge is -2.03. The number of rotatable bonds is 4. The number of carbonyl (C=O) groups is 2. The van der Waals surface area contributed by atoms with Gasteiger partial charge in [0.2, 0.25) is 5.91 Å². The first-order valence-electron chi connectivity index (χ1n) is 6.15. The van der Waals surface area contributed by atoms with Gasteiger partial charge in [-0.1, -0.05) is 30.3 Å². The Kier molecular flexibility index (Phi) is 5.05. The van der Waals surface area contributed by atoms with Crippen molar-refractivity contribution in [3.8, 4) is 0 Å². The van der Waals surface area contributed by atoms with Crippen LogP contribution in [0.4, 0.5) is 5.13 Å². The van der Waals surface area contributed by atoms with Crippen LogP contribution in [-0.4, -0.2) is 16.8 Å². The first-order valence-corrected chi connectivity index (χ1v) is 7.03. The van der Waals surface area contributed by atoms with Gasteiger partial charge < -0.3 is 5.73 Å². The summed E-state index contributed by atoms with van der Waals surface area (Å²) < 4.78 is 0. The molecule has 7 heteroatoms. The van der Waals surface area contributed by atoms with Crippen molar-refractivity contribution < 1.29 is 9.59 Å². The van der Waals surface area contributed by atoms with Crippen LogP contribution >= 0.6 is 11.3 Å². The summed E-state index contributed by atoms with van der Waals surface area (Å²) in [5.41, 5.74) is 11.6. The summed E-state index contributed by atoms with van der Waals surface area (Å²) in [6.45, 7) is 0. The van der Waals surface area contributed by atoms with Gasteiger partial charge in [-0.2, -0.15) is 0 Å². The Morgan fingerprint density at radius 2 is 2.00 bits per heavy atom. The second kappa shape index (κ2) is 7.20. The number of hydrogen-bond acceptors (Lipinski definition) is 5. The van der Waals surface area contributed by atoms with Crippen molar-refractivity contribution in [2.45, 2.75) is 6.42 Å². The predicted octanol–water partition coefficient (Wildman–Crippen LogP) is 1.13. The monoisotopic (exact) mass is 302 g/mol. The number of amides is 2. The maximum atomic E-state index is 11.6. The van der Waals surface area contributed by atoms with Gasteiger partial charge in [0.25, 0.3) is 5.91 Å². The smallest absolute Gasteiger partial charge is 0.262 e. The average molecular weight is 302 g/mol. The number of aromatic nitrogens is 1. The van der Waals surface area contributed by atoms with Gasteiger partial charge in [0, 0.05) is 11.5 Å². The summed E-state index contributed by atoms with van der Waals surface area (Å²) in [6.07, 6.45) is 3.06. The average Bonchev–Trinajstić information content (AvgIpc) is 2.89. The number of anilines is 1. The molecule has 0 spiro atoms. The van der Waals surface area contributed by atoms with Crippen LogP contribution in [0.15, 0.2) is 41.8 Å². The normalized spacial score (nSPS) is 10.5. The molecule has 4 N–H and O–H groups in total. The number of hydrogen-bond donors (Lipinski definition) is 3. The molecular formula is C14H14N4O2S. The highest BCUT2D eigenvalue weighted by molar-refractivity contribution is 7.13. The van der Waals surface area contributed by atoms with Crippen molar-refractivity contribution in [3.63, 3.8) is 0 Å². The highest BCUT2D eigenvalue weighted by Crippen LogP contribution is 2.10. The third-order valence-electron chi connectivity index (χ3n) is 2.46. The van der Waals surface area contributed by atoms with E-state index in [1.807, 2.05) is 30.3 Å². The zero-order valence-corrected chi connectivity index (χ0v) is 11.9. The minimum atomic E-state index is -0.412. The molecule has 6 nitrogen and oxygen atoms in total. The molecule has 1 aromatic carbocycles. The van der Waals surface area contributed by atoms with Crippen LogP contribution in [0, 0.1) is 0 Å². The Morgan fingerprint density at radius 3 is 2.67 bits per heavy atom.